The first kappa shape index (κ1) is 18.9. The van der Waals surface area contributed by atoms with Crippen molar-refractivity contribution in [1.29, 1.82) is 0 Å². The number of pyridine rings is 1. The van der Waals surface area contributed by atoms with Crippen LogP contribution in [0, 0.1) is 0 Å². The summed E-state index contributed by atoms with van der Waals surface area (Å²) in [6.07, 6.45) is 6.93. The minimum Gasteiger partial charge on any atom is -0.489 e. The fraction of sp³-hybridized carbons (Fsp3) is 0.167. The van der Waals surface area contributed by atoms with Gasteiger partial charge < -0.3 is 15.6 Å². The first-order valence-electron chi connectivity index (χ1n) is 9.54. The summed E-state index contributed by atoms with van der Waals surface area (Å²) in [5.41, 5.74) is 13.0. The van der Waals surface area contributed by atoms with Crippen molar-refractivity contribution in [2.45, 2.75) is 26.0 Å². The van der Waals surface area contributed by atoms with Crippen LogP contribution in [0.1, 0.15) is 27.9 Å². The number of hydrogen-bond acceptors (Lipinski definition) is 4. The molecule has 29 heavy (non-hydrogen) atoms. The second-order valence-electron chi connectivity index (χ2n) is 7.03. The fourth-order valence-corrected chi connectivity index (χ4v) is 3.64. The number of aromatic nitrogens is 1. The van der Waals surface area contributed by atoms with Crippen molar-refractivity contribution >= 4 is 12.0 Å². The van der Waals surface area contributed by atoms with Gasteiger partial charge in [-0.05, 0) is 58.5 Å². The van der Waals surface area contributed by atoms with E-state index in [2.05, 4.69) is 29.3 Å². The Kier molecular flexibility index (Phi) is 5.40. The molecule has 2 aromatic carbocycles. The Bertz CT molecular complexity index is 1090. The molecule has 0 atom stereocenters. The summed E-state index contributed by atoms with van der Waals surface area (Å²) in [5.74, 6) is -0.273. The molecule has 4 rings (SSSR count). The van der Waals surface area contributed by atoms with Crippen LogP contribution in [-0.4, -0.2) is 16.1 Å². The average Bonchev–Trinajstić information content (AvgIpc) is 3.21. The third-order valence-electron chi connectivity index (χ3n) is 4.99. The molecule has 0 aliphatic heterocycles. The third kappa shape index (κ3) is 4.20. The molecule has 146 valence electrons. The Balaban J connectivity index is 1.64. The van der Waals surface area contributed by atoms with Crippen LogP contribution in [0.3, 0.4) is 0 Å². The Hall–Kier alpha value is -3.44. The van der Waals surface area contributed by atoms with Gasteiger partial charge >= 0.3 is 5.97 Å². The summed E-state index contributed by atoms with van der Waals surface area (Å²) in [6, 6.07) is 15.6. The maximum absolute atomic E-state index is 11.1. The number of hydrogen-bond donors (Lipinski definition) is 2. The van der Waals surface area contributed by atoms with Gasteiger partial charge in [0.1, 0.15) is 12.4 Å². The Morgan fingerprint density at radius 3 is 2.86 bits per heavy atom. The highest BCUT2D eigenvalue weighted by Crippen LogP contribution is 2.33. The number of nitrogens with zero attached hydrogens (tertiary/aromatic N) is 1. The molecule has 1 aliphatic carbocycles. The van der Waals surface area contributed by atoms with Gasteiger partial charge in [0.15, 0.2) is 0 Å². The van der Waals surface area contributed by atoms with Crippen LogP contribution in [0.15, 0.2) is 60.8 Å². The summed E-state index contributed by atoms with van der Waals surface area (Å²) in [6.45, 7) is 0.765. The minimum atomic E-state index is -0.875. The SMILES string of the molecule is NCc1cc(-c2cc(COc3ccccc3CC(=O)O)cc3c2C=CC3)ccn1. The molecule has 1 heterocycles. The van der Waals surface area contributed by atoms with Gasteiger partial charge in [0.25, 0.3) is 0 Å². The lowest BCUT2D eigenvalue weighted by atomic mass is 9.94. The Morgan fingerprint density at radius 2 is 2.03 bits per heavy atom. The number of carbonyl (C=O) groups is 1. The van der Waals surface area contributed by atoms with Crippen LogP contribution in [0.2, 0.25) is 0 Å². The number of benzene rings is 2. The molecule has 1 aromatic heterocycles. The molecule has 3 N–H and O–H groups in total. The molecule has 0 amide bonds. The van der Waals surface area contributed by atoms with Crippen molar-refractivity contribution in [3.8, 4) is 16.9 Å². The molecule has 0 saturated heterocycles. The van der Waals surface area contributed by atoms with E-state index in [1.54, 1.807) is 12.3 Å². The van der Waals surface area contributed by atoms with E-state index in [9.17, 15) is 4.79 Å². The maximum atomic E-state index is 11.1. The lowest BCUT2D eigenvalue weighted by Gasteiger charge is -2.15. The van der Waals surface area contributed by atoms with Gasteiger partial charge in [-0.25, -0.2) is 0 Å². The smallest absolute Gasteiger partial charge is 0.307 e. The van der Waals surface area contributed by atoms with Gasteiger partial charge in [0.05, 0.1) is 12.1 Å². The van der Waals surface area contributed by atoms with Crippen molar-refractivity contribution in [2.24, 2.45) is 5.73 Å². The molecule has 0 fully saturated rings. The molecule has 0 radical (unpaired) electrons. The Morgan fingerprint density at radius 1 is 1.17 bits per heavy atom. The minimum absolute atomic E-state index is 0.0611. The summed E-state index contributed by atoms with van der Waals surface area (Å²) >= 11 is 0. The van der Waals surface area contributed by atoms with E-state index in [1.165, 1.54) is 11.1 Å². The zero-order valence-electron chi connectivity index (χ0n) is 16.0. The highest BCUT2D eigenvalue weighted by atomic mass is 16.5. The molecule has 5 heteroatoms. The maximum Gasteiger partial charge on any atom is 0.307 e. The Labute approximate surface area is 169 Å². The van der Waals surface area contributed by atoms with Crippen molar-refractivity contribution in [1.82, 2.24) is 4.98 Å². The molecular formula is C24H22N2O3. The number of carboxylic acid groups (broad SMARTS) is 1. The predicted octanol–water partition coefficient (Wildman–Crippen LogP) is 3.98. The van der Waals surface area contributed by atoms with E-state index in [-0.39, 0.29) is 6.42 Å². The van der Waals surface area contributed by atoms with Crippen molar-refractivity contribution in [3.63, 3.8) is 0 Å². The fourth-order valence-electron chi connectivity index (χ4n) is 3.64. The monoisotopic (exact) mass is 386 g/mol. The van der Waals surface area contributed by atoms with Crippen LogP contribution < -0.4 is 10.5 Å². The molecular weight excluding hydrogens is 364 g/mol. The summed E-state index contributed by atoms with van der Waals surface area (Å²) in [7, 11) is 0. The largest absolute Gasteiger partial charge is 0.489 e. The second kappa shape index (κ2) is 8.29. The standard InChI is InChI=1S/C24H22N2O3/c25-14-20-12-18(8-9-26-20)22-11-16(10-17-5-3-6-21(17)22)15-29-23-7-2-1-4-19(23)13-24(27)28/h1-4,6-12H,5,13-15,25H2,(H,27,28). The molecule has 1 aliphatic rings. The number of fused-ring (bicyclic) bond motifs is 1. The number of para-hydroxylation sites is 1. The van der Waals surface area contributed by atoms with Crippen LogP contribution in [0.5, 0.6) is 5.75 Å². The van der Waals surface area contributed by atoms with E-state index in [0.717, 1.165) is 28.8 Å². The highest BCUT2D eigenvalue weighted by molar-refractivity contribution is 5.80. The average molecular weight is 386 g/mol. The van der Waals surface area contributed by atoms with Gasteiger partial charge in [-0.3, -0.25) is 9.78 Å². The van der Waals surface area contributed by atoms with Gasteiger partial charge in [-0.15, -0.1) is 0 Å². The first-order valence-corrected chi connectivity index (χ1v) is 9.54. The summed E-state index contributed by atoms with van der Waals surface area (Å²) in [5, 5.41) is 9.11. The van der Waals surface area contributed by atoms with E-state index in [1.807, 2.05) is 30.3 Å². The zero-order chi connectivity index (χ0) is 20.2. The van der Waals surface area contributed by atoms with Crippen molar-refractivity contribution in [2.75, 3.05) is 0 Å². The van der Waals surface area contributed by atoms with Gasteiger partial charge in [0, 0.05) is 18.3 Å². The lowest BCUT2D eigenvalue weighted by Crippen LogP contribution is -2.05. The zero-order valence-corrected chi connectivity index (χ0v) is 16.0. The number of nitrogens with two attached hydrogens (primary N) is 1. The molecule has 0 spiro atoms. The number of allylic oxidation sites excluding steroid dienone is 1. The van der Waals surface area contributed by atoms with Crippen LogP contribution >= 0.6 is 0 Å². The summed E-state index contributed by atoms with van der Waals surface area (Å²) in [4.78, 5) is 15.4. The van der Waals surface area contributed by atoms with Crippen LogP contribution in [0.25, 0.3) is 17.2 Å². The second-order valence-corrected chi connectivity index (χ2v) is 7.03. The van der Waals surface area contributed by atoms with E-state index >= 15 is 0 Å². The number of rotatable bonds is 7. The lowest BCUT2D eigenvalue weighted by molar-refractivity contribution is -0.136. The molecule has 0 bridgehead atoms. The summed E-state index contributed by atoms with van der Waals surface area (Å²) < 4.78 is 6.00. The third-order valence-corrected chi connectivity index (χ3v) is 4.99. The molecule has 0 unspecified atom stereocenters. The topological polar surface area (TPSA) is 85.4 Å². The van der Waals surface area contributed by atoms with Crippen LogP contribution in [0.4, 0.5) is 0 Å². The number of ether oxygens (including phenoxy) is 1. The van der Waals surface area contributed by atoms with Gasteiger partial charge in [-0.2, -0.15) is 0 Å². The molecule has 5 nitrogen and oxygen atoms in total. The van der Waals surface area contributed by atoms with E-state index in [4.69, 9.17) is 15.6 Å². The predicted molar refractivity (Wildman–Crippen MR) is 112 cm³/mol. The number of aliphatic carboxylic acids is 1. The van der Waals surface area contributed by atoms with E-state index < -0.39 is 5.97 Å². The van der Waals surface area contributed by atoms with Crippen molar-refractivity contribution < 1.29 is 14.6 Å². The highest BCUT2D eigenvalue weighted by Gasteiger charge is 2.15. The molecule has 3 aromatic rings. The number of carboxylic acids is 1. The molecule has 0 saturated carbocycles. The quantitative estimate of drug-likeness (QED) is 0.641. The first-order chi connectivity index (χ1) is 14.1. The van der Waals surface area contributed by atoms with E-state index in [0.29, 0.717) is 24.5 Å². The normalized spacial score (nSPS) is 12.0. The van der Waals surface area contributed by atoms with Gasteiger partial charge in [0.2, 0.25) is 0 Å². The van der Waals surface area contributed by atoms with Crippen molar-refractivity contribution in [3.05, 3.63) is 88.8 Å². The van der Waals surface area contributed by atoms with Gasteiger partial charge in [-0.1, -0.05) is 36.4 Å². The van der Waals surface area contributed by atoms with Crippen LogP contribution in [-0.2, 0) is 30.8 Å².